The van der Waals surface area contributed by atoms with Gasteiger partial charge in [-0.05, 0) is 12.8 Å². The Balaban J connectivity index is 3.38. The molecule has 0 aromatic rings. The highest BCUT2D eigenvalue weighted by Gasteiger charge is 2.35. The zero-order valence-corrected chi connectivity index (χ0v) is 10.2. The molecule has 0 N–H and O–H groups in total. The van der Waals surface area contributed by atoms with Crippen molar-refractivity contribution in [2.45, 2.75) is 20.8 Å². The maximum atomic E-state index is 12.1. The van der Waals surface area contributed by atoms with Gasteiger partial charge in [0.15, 0.2) is 11.5 Å². The first-order valence-corrected chi connectivity index (χ1v) is 5.08. The molecule has 0 aromatic carbocycles. The number of ketones is 2. The first kappa shape index (κ1) is 12.5. The highest BCUT2D eigenvalue weighted by Crippen LogP contribution is 2.29. The molecule has 4 heteroatoms. The van der Waals surface area contributed by atoms with Gasteiger partial charge in [0.25, 0.3) is 0 Å². The van der Waals surface area contributed by atoms with Gasteiger partial charge in [-0.25, -0.2) is 0 Å². The molecule has 1 rings (SSSR count). The fourth-order valence-corrected chi connectivity index (χ4v) is 1.76. The Labute approximate surface area is 94.9 Å². The first-order valence-electron chi connectivity index (χ1n) is 5.08. The molecule has 0 spiro atoms. The molecule has 0 atom stereocenters. The normalized spacial score (nSPS) is 17.4. The van der Waals surface area contributed by atoms with Gasteiger partial charge in [-0.1, -0.05) is 13.8 Å². The van der Waals surface area contributed by atoms with E-state index in [0.29, 0.717) is 11.1 Å². The molecule has 1 aliphatic carbocycles. The minimum Gasteiger partial charge on any atom is -0.492 e. The van der Waals surface area contributed by atoms with Crippen molar-refractivity contribution in [3.05, 3.63) is 22.7 Å². The van der Waals surface area contributed by atoms with Gasteiger partial charge in [0, 0.05) is 5.57 Å². The number of carbonyl (C=O) groups is 2. The van der Waals surface area contributed by atoms with E-state index in [1.807, 2.05) is 13.8 Å². The Bertz CT molecular complexity index is 399. The molecule has 0 amide bonds. The van der Waals surface area contributed by atoms with Crippen molar-refractivity contribution in [3.8, 4) is 0 Å². The maximum Gasteiger partial charge on any atom is 0.228 e. The molecule has 1 aliphatic rings. The summed E-state index contributed by atoms with van der Waals surface area (Å²) in [5.74, 6) is -0.355. The largest absolute Gasteiger partial charge is 0.492 e. The summed E-state index contributed by atoms with van der Waals surface area (Å²) < 4.78 is 10.0. The second kappa shape index (κ2) is 4.51. The van der Waals surface area contributed by atoms with Gasteiger partial charge in [0.05, 0.1) is 19.8 Å². The van der Waals surface area contributed by atoms with Crippen molar-refractivity contribution in [3.63, 3.8) is 0 Å². The van der Waals surface area contributed by atoms with Gasteiger partial charge in [-0.3, -0.25) is 9.59 Å². The predicted molar refractivity (Wildman–Crippen MR) is 58.6 cm³/mol. The first-order chi connectivity index (χ1) is 7.45. The molecule has 0 heterocycles. The Morgan fingerprint density at radius 2 is 1.44 bits per heavy atom. The summed E-state index contributed by atoms with van der Waals surface area (Å²) in [5, 5.41) is 0. The van der Waals surface area contributed by atoms with Gasteiger partial charge in [-0.2, -0.15) is 0 Å². The number of rotatable bonds is 3. The van der Waals surface area contributed by atoms with Crippen molar-refractivity contribution in [1.82, 2.24) is 0 Å². The van der Waals surface area contributed by atoms with E-state index in [-0.39, 0.29) is 29.0 Å². The summed E-state index contributed by atoms with van der Waals surface area (Å²) in [6.45, 7) is 5.25. The molecule has 16 heavy (non-hydrogen) atoms. The summed E-state index contributed by atoms with van der Waals surface area (Å²) >= 11 is 0. The summed E-state index contributed by atoms with van der Waals surface area (Å²) in [6, 6.07) is 0. The van der Waals surface area contributed by atoms with E-state index in [4.69, 9.17) is 9.47 Å². The molecule has 0 fully saturated rings. The third kappa shape index (κ3) is 1.75. The van der Waals surface area contributed by atoms with E-state index in [0.717, 1.165) is 0 Å². The Hall–Kier alpha value is -1.58. The van der Waals surface area contributed by atoms with Crippen LogP contribution in [0.5, 0.6) is 0 Å². The van der Waals surface area contributed by atoms with Crippen LogP contribution < -0.4 is 0 Å². The van der Waals surface area contributed by atoms with Crippen LogP contribution in [-0.4, -0.2) is 25.8 Å². The van der Waals surface area contributed by atoms with E-state index in [1.54, 1.807) is 6.92 Å². The van der Waals surface area contributed by atoms with Gasteiger partial charge >= 0.3 is 0 Å². The molecule has 0 unspecified atom stereocenters. The quantitative estimate of drug-likeness (QED) is 0.683. The molecule has 0 saturated heterocycles. The average Bonchev–Trinajstić information content (AvgIpc) is 2.23. The lowest BCUT2D eigenvalue weighted by atomic mass is 9.88. The molecule has 0 aliphatic heterocycles. The summed E-state index contributed by atoms with van der Waals surface area (Å²) in [5.41, 5.74) is 0.684. The van der Waals surface area contributed by atoms with Crippen LogP contribution in [0.15, 0.2) is 22.7 Å². The zero-order valence-electron chi connectivity index (χ0n) is 10.2. The molecule has 88 valence electrons. The third-order valence-corrected chi connectivity index (χ3v) is 2.57. The number of methoxy groups -OCH3 is 2. The van der Waals surface area contributed by atoms with Crippen LogP contribution in [0.1, 0.15) is 20.8 Å². The number of allylic oxidation sites excluding steroid dienone is 2. The van der Waals surface area contributed by atoms with Crippen molar-refractivity contribution < 1.29 is 19.1 Å². The number of hydrogen-bond donors (Lipinski definition) is 0. The standard InChI is InChI=1S/C12H16O4/c1-6(2)8-10(14)11(15-4)7(3)9(13)12(8)16-5/h6H,1-5H3. The Morgan fingerprint density at radius 1 is 0.938 bits per heavy atom. The Morgan fingerprint density at radius 3 is 1.81 bits per heavy atom. The van der Waals surface area contributed by atoms with Crippen LogP contribution in [0, 0.1) is 5.92 Å². The van der Waals surface area contributed by atoms with Crippen molar-refractivity contribution in [1.29, 1.82) is 0 Å². The lowest BCUT2D eigenvalue weighted by Gasteiger charge is -2.22. The van der Waals surface area contributed by atoms with Crippen molar-refractivity contribution in [2.75, 3.05) is 14.2 Å². The minimum atomic E-state index is -0.275. The number of hydrogen-bond acceptors (Lipinski definition) is 4. The smallest absolute Gasteiger partial charge is 0.228 e. The van der Waals surface area contributed by atoms with Gasteiger partial charge in [-0.15, -0.1) is 0 Å². The summed E-state index contributed by atoms with van der Waals surface area (Å²) in [6.07, 6.45) is 0. The van der Waals surface area contributed by atoms with Crippen LogP contribution in [0.25, 0.3) is 0 Å². The lowest BCUT2D eigenvalue weighted by molar-refractivity contribution is -0.121. The van der Waals surface area contributed by atoms with E-state index in [9.17, 15) is 9.59 Å². The van der Waals surface area contributed by atoms with Crippen LogP contribution in [0.3, 0.4) is 0 Å². The molecule has 0 radical (unpaired) electrons. The molecule has 0 aromatic heterocycles. The zero-order chi connectivity index (χ0) is 12.5. The topological polar surface area (TPSA) is 52.6 Å². The van der Waals surface area contributed by atoms with Crippen molar-refractivity contribution in [2.24, 2.45) is 5.92 Å². The molecule has 0 bridgehead atoms. The van der Waals surface area contributed by atoms with E-state index in [1.165, 1.54) is 14.2 Å². The van der Waals surface area contributed by atoms with Gasteiger partial charge < -0.3 is 9.47 Å². The average molecular weight is 224 g/mol. The number of Topliss-reactive ketones (excluding diaryl/α,β-unsaturated/α-hetero) is 2. The number of ether oxygens (including phenoxy) is 2. The second-order valence-corrected chi connectivity index (χ2v) is 3.92. The second-order valence-electron chi connectivity index (χ2n) is 3.92. The Kier molecular flexibility index (Phi) is 3.52. The molecule has 4 nitrogen and oxygen atoms in total. The van der Waals surface area contributed by atoms with Gasteiger partial charge in [0.2, 0.25) is 11.6 Å². The highest BCUT2D eigenvalue weighted by molar-refractivity contribution is 6.23. The van der Waals surface area contributed by atoms with Crippen LogP contribution in [0.2, 0.25) is 0 Å². The van der Waals surface area contributed by atoms with Crippen LogP contribution in [0.4, 0.5) is 0 Å². The lowest BCUT2D eigenvalue weighted by Crippen LogP contribution is -2.27. The fraction of sp³-hybridized carbons (Fsp3) is 0.500. The van der Waals surface area contributed by atoms with E-state index in [2.05, 4.69) is 0 Å². The summed E-state index contributed by atoms with van der Waals surface area (Å²) in [7, 11) is 2.79. The SMILES string of the molecule is COC1=C(C)C(=O)C(OC)=C(C(C)C)C1=O. The van der Waals surface area contributed by atoms with Crippen LogP contribution in [-0.2, 0) is 19.1 Å². The number of carbonyl (C=O) groups excluding carboxylic acids is 2. The van der Waals surface area contributed by atoms with E-state index >= 15 is 0 Å². The highest BCUT2D eigenvalue weighted by atomic mass is 16.5. The molecular weight excluding hydrogens is 208 g/mol. The third-order valence-electron chi connectivity index (χ3n) is 2.57. The van der Waals surface area contributed by atoms with E-state index < -0.39 is 0 Å². The van der Waals surface area contributed by atoms with Gasteiger partial charge in [0.1, 0.15) is 0 Å². The molecular formula is C12H16O4. The van der Waals surface area contributed by atoms with Crippen molar-refractivity contribution >= 4 is 11.6 Å². The van der Waals surface area contributed by atoms with Crippen LogP contribution >= 0.6 is 0 Å². The maximum absolute atomic E-state index is 12.1. The monoisotopic (exact) mass is 224 g/mol. The molecule has 0 saturated carbocycles. The minimum absolute atomic E-state index is 0.0790. The summed E-state index contributed by atoms with van der Waals surface area (Å²) in [4.78, 5) is 24.0. The predicted octanol–water partition coefficient (Wildman–Crippen LogP) is 1.62. The fourth-order valence-electron chi connectivity index (χ4n) is 1.76.